The number of rotatable bonds is 6. The molecule has 1 atom stereocenters. The molecule has 1 saturated heterocycles. The first-order valence-corrected chi connectivity index (χ1v) is 5.02. The number of carboxylic acids is 1. The van der Waals surface area contributed by atoms with E-state index in [9.17, 15) is 14.4 Å². The number of nitrogens with one attached hydrogen (secondary N) is 2. The van der Waals surface area contributed by atoms with Crippen LogP contribution in [0.4, 0.5) is 0 Å². The fraction of sp³-hybridized carbons (Fsp3) is 0.667. The summed E-state index contributed by atoms with van der Waals surface area (Å²) in [7, 11) is 0. The summed E-state index contributed by atoms with van der Waals surface area (Å²) in [5, 5.41) is 10.9. The van der Waals surface area contributed by atoms with Gasteiger partial charge in [0.1, 0.15) is 12.6 Å². The summed E-state index contributed by atoms with van der Waals surface area (Å²) in [6.45, 7) is 0.125. The van der Waals surface area contributed by atoms with Crippen LogP contribution in [0.2, 0.25) is 0 Å². The smallest absolute Gasteiger partial charge is 0.303 e. The molecule has 2 amide bonds. The zero-order valence-electron chi connectivity index (χ0n) is 8.69. The summed E-state index contributed by atoms with van der Waals surface area (Å²) < 4.78 is 0. The van der Waals surface area contributed by atoms with Crippen LogP contribution in [0.3, 0.4) is 0 Å². The topological polar surface area (TPSA) is 105 Å². The van der Waals surface area contributed by atoms with Gasteiger partial charge in [0.25, 0.3) is 5.91 Å². The fourth-order valence-electron chi connectivity index (χ4n) is 1.28. The van der Waals surface area contributed by atoms with Crippen molar-refractivity contribution in [1.82, 2.24) is 10.8 Å². The van der Waals surface area contributed by atoms with Gasteiger partial charge in [-0.2, -0.15) is 0 Å². The molecule has 0 radical (unpaired) electrons. The van der Waals surface area contributed by atoms with E-state index in [1.807, 2.05) is 0 Å². The average Bonchev–Trinajstić information content (AvgIpc) is 2.59. The molecule has 0 bridgehead atoms. The quantitative estimate of drug-likeness (QED) is 0.517. The minimum atomic E-state index is -0.871. The standard InChI is InChI=1S/C9H14N2O5/c12-7(3-1-2-4-8(13)14)10-6-5-16-11-9(6)15/h6H,1-5H2,(H,10,12)(H,11,15)(H,13,14)/t6-/m1/s1. The van der Waals surface area contributed by atoms with Crippen LogP contribution in [0.25, 0.3) is 0 Å². The van der Waals surface area contributed by atoms with Crippen molar-refractivity contribution >= 4 is 17.8 Å². The highest BCUT2D eigenvalue weighted by atomic mass is 16.7. The van der Waals surface area contributed by atoms with Crippen LogP contribution in [-0.4, -0.2) is 35.5 Å². The molecule has 1 rings (SSSR count). The number of aliphatic carboxylic acids is 1. The molecular weight excluding hydrogens is 216 g/mol. The Morgan fingerprint density at radius 2 is 2.12 bits per heavy atom. The van der Waals surface area contributed by atoms with E-state index in [2.05, 4.69) is 15.6 Å². The highest BCUT2D eigenvalue weighted by Crippen LogP contribution is 2.01. The van der Waals surface area contributed by atoms with Crippen molar-refractivity contribution in [1.29, 1.82) is 0 Å². The maximum Gasteiger partial charge on any atom is 0.303 e. The van der Waals surface area contributed by atoms with E-state index in [1.54, 1.807) is 0 Å². The van der Waals surface area contributed by atoms with Crippen LogP contribution in [-0.2, 0) is 19.2 Å². The largest absolute Gasteiger partial charge is 0.481 e. The van der Waals surface area contributed by atoms with Gasteiger partial charge in [-0.25, -0.2) is 5.48 Å². The van der Waals surface area contributed by atoms with E-state index < -0.39 is 12.0 Å². The van der Waals surface area contributed by atoms with Gasteiger partial charge in [0.2, 0.25) is 5.91 Å². The molecule has 0 aromatic rings. The molecule has 7 nitrogen and oxygen atoms in total. The van der Waals surface area contributed by atoms with Crippen molar-refractivity contribution in [2.24, 2.45) is 0 Å². The molecule has 0 aromatic heterocycles. The molecule has 3 N–H and O–H groups in total. The molecular formula is C9H14N2O5. The molecule has 90 valence electrons. The lowest BCUT2D eigenvalue weighted by Gasteiger charge is -2.07. The van der Waals surface area contributed by atoms with Crippen LogP contribution in [0, 0.1) is 0 Å². The lowest BCUT2D eigenvalue weighted by Crippen LogP contribution is -2.41. The number of hydrogen-bond donors (Lipinski definition) is 3. The van der Waals surface area contributed by atoms with Crippen molar-refractivity contribution in [3.05, 3.63) is 0 Å². The predicted octanol–water partition coefficient (Wildman–Crippen LogP) is -0.822. The SMILES string of the molecule is O=C(O)CCCCC(=O)N[C@@H]1CONC1=O. The Hall–Kier alpha value is -1.63. The maximum atomic E-state index is 11.3. The number of hydrogen-bond acceptors (Lipinski definition) is 4. The van der Waals surface area contributed by atoms with Crippen LogP contribution in [0.1, 0.15) is 25.7 Å². The minimum Gasteiger partial charge on any atom is -0.481 e. The van der Waals surface area contributed by atoms with E-state index in [-0.39, 0.29) is 31.3 Å². The van der Waals surface area contributed by atoms with Gasteiger partial charge in [-0.05, 0) is 12.8 Å². The van der Waals surface area contributed by atoms with Gasteiger partial charge >= 0.3 is 5.97 Å². The Morgan fingerprint density at radius 1 is 1.44 bits per heavy atom. The van der Waals surface area contributed by atoms with E-state index in [0.717, 1.165) is 0 Å². The summed E-state index contributed by atoms with van der Waals surface area (Å²) in [6, 6.07) is -0.632. The number of carboxylic acid groups (broad SMARTS) is 1. The zero-order valence-corrected chi connectivity index (χ0v) is 8.69. The monoisotopic (exact) mass is 230 g/mol. The average molecular weight is 230 g/mol. The molecule has 16 heavy (non-hydrogen) atoms. The summed E-state index contributed by atoms with van der Waals surface area (Å²) in [4.78, 5) is 37.1. The van der Waals surface area contributed by atoms with Gasteiger partial charge in [0, 0.05) is 12.8 Å². The summed E-state index contributed by atoms with van der Waals surface area (Å²) >= 11 is 0. The van der Waals surface area contributed by atoms with Gasteiger partial charge in [-0.3, -0.25) is 19.2 Å². The molecule has 0 saturated carbocycles. The molecule has 1 aliphatic rings. The van der Waals surface area contributed by atoms with E-state index >= 15 is 0 Å². The second-order valence-electron chi connectivity index (χ2n) is 3.50. The Morgan fingerprint density at radius 3 is 2.69 bits per heavy atom. The number of unbranched alkanes of at least 4 members (excludes halogenated alkanes) is 1. The first-order valence-electron chi connectivity index (χ1n) is 5.02. The number of carbonyl (C=O) groups is 3. The Balaban J connectivity index is 2.11. The number of amides is 2. The summed E-state index contributed by atoms with van der Waals surface area (Å²) in [6.07, 6.45) is 1.22. The van der Waals surface area contributed by atoms with Gasteiger partial charge in [0.05, 0.1) is 0 Å². The second kappa shape index (κ2) is 6.06. The Kier molecular flexibility index (Phi) is 4.71. The fourth-order valence-corrected chi connectivity index (χ4v) is 1.28. The van der Waals surface area contributed by atoms with E-state index in [4.69, 9.17) is 5.11 Å². The molecule has 0 unspecified atom stereocenters. The third kappa shape index (κ3) is 4.26. The van der Waals surface area contributed by atoms with Crippen molar-refractivity contribution in [3.63, 3.8) is 0 Å². The first kappa shape index (κ1) is 12.4. The lowest BCUT2D eigenvalue weighted by atomic mass is 10.2. The van der Waals surface area contributed by atoms with Crippen LogP contribution < -0.4 is 10.8 Å². The van der Waals surface area contributed by atoms with Crippen molar-refractivity contribution in [2.75, 3.05) is 6.61 Å². The van der Waals surface area contributed by atoms with Gasteiger partial charge in [-0.1, -0.05) is 0 Å². The van der Waals surface area contributed by atoms with Crippen molar-refractivity contribution < 1.29 is 24.3 Å². The Labute approximate surface area is 92.1 Å². The van der Waals surface area contributed by atoms with Gasteiger partial charge in [-0.15, -0.1) is 0 Å². The molecule has 1 heterocycles. The summed E-state index contributed by atoms with van der Waals surface area (Å²) in [5.74, 6) is -1.50. The third-order valence-corrected chi connectivity index (χ3v) is 2.12. The van der Waals surface area contributed by atoms with Gasteiger partial charge in [0.15, 0.2) is 0 Å². The minimum absolute atomic E-state index is 0.0559. The lowest BCUT2D eigenvalue weighted by molar-refractivity contribution is -0.137. The normalized spacial score (nSPS) is 19.2. The highest BCUT2D eigenvalue weighted by Gasteiger charge is 2.26. The first-order chi connectivity index (χ1) is 7.59. The molecule has 0 aromatic carbocycles. The Bertz CT molecular complexity index is 292. The van der Waals surface area contributed by atoms with Crippen LogP contribution in [0.15, 0.2) is 0 Å². The van der Waals surface area contributed by atoms with E-state index in [1.165, 1.54) is 0 Å². The third-order valence-electron chi connectivity index (χ3n) is 2.12. The highest BCUT2D eigenvalue weighted by molar-refractivity contribution is 5.88. The number of carbonyl (C=O) groups excluding carboxylic acids is 2. The second-order valence-corrected chi connectivity index (χ2v) is 3.50. The van der Waals surface area contributed by atoms with Crippen molar-refractivity contribution in [3.8, 4) is 0 Å². The molecule has 0 aliphatic carbocycles. The zero-order chi connectivity index (χ0) is 12.0. The molecule has 7 heteroatoms. The van der Waals surface area contributed by atoms with Crippen LogP contribution in [0.5, 0.6) is 0 Å². The molecule has 1 fully saturated rings. The molecule has 0 spiro atoms. The van der Waals surface area contributed by atoms with Gasteiger partial charge < -0.3 is 10.4 Å². The van der Waals surface area contributed by atoms with E-state index in [0.29, 0.717) is 12.8 Å². The van der Waals surface area contributed by atoms with Crippen molar-refractivity contribution in [2.45, 2.75) is 31.7 Å². The number of hydroxylamine groups is 1. The summed E-state index contributed by atoms with van der Waals surface area (Å²) in [5.41, 5.74) is 2.13. The predicted molar refractivity (Wildman–Crippen MR) is 52.1 cm³/mol. The van der Waals surface area contributed by atoms with Crippen LogP contribution >= 0.6 is 0 Å². The maximum absolute atomic E-state index is 11.3. The molecule has 1 aliphatic heterocycles.